The van der Waals surface area contributed by atoms with E-state index < -0.39 is 26.5 Å². The number of halogens is 4. The summed E-state index contributed by atoms with van der Waals surface area (Å²) in [6, 6.07) is 4.31. The van der Waals surface area contributed by atoms with Crippen LogP contribution in [0.1, 0.15) is 19.4 Å². The molecule has 0 radical (unpaired) electrons. The van der Waals surface area contributed by atoms with E-state index in [1.807, 2.05) is 13.8 Å². The first-order valence-corrected chi connectivity index (χ1v) is 8.82. The lowest BCUT2D eigenvalue weighted by atomic mass is 10.0. The van der Waals surface area contributed by atoms with Crippen LogP contribution in [0.25, 0.3) is 0 Å². The first-order chi connectivity index (χ1) is 9.09. The molecule has 2 nitrogen and oxygen atoms in total. The highest BCUT2D eigenvalue weighted by Gasteiger charge is 2.37. The maximum atomic E-state index is 12.9. The van der Waals surface area contributed by atoms with Gasteiger partial charge in [0.05, 0.1) is 16.2 Å². The molecule has 0 saturated heterocycles. The Kier molecular flexibility index (Phi) is 5.66. The summed E-state index contributed by atoms with van der Waals surface area (Å²) >= 11 is 3.21. The quantitative estimate of drug-likeness (QED) is 0.727. The summed E-state index contributed by atoms with van der Waals surface area (Å²) < 4.78 is 63.2. The molecule has 1 rings (SSSR count). The highest BCUT2D eigenvalue weighted by molar-refractivity contribution is 9.09. The number of benzene rings is 1. The van der Waals surface area contributed by atoms with Crippen LogP contribution in [0.2, 0.25) is 0 Å². The molecule has 0 saturated carbocycles. The SMILES string of the molecule is CC(C)C(CBr)CS(=O)(=O)c1ccccc1C(F)(F)F. The lowest BCUT2D eigenvalue weighted by molar-refractivity contribution is -0.139. The van der Waals surface area contributed by atoms with Gasteiger partial charge in [-0.1, -0.05) is 41.9 Å². The smallest absolute Gasteiger partial charge is 0.224 e. The summed E-state index contributed by atoms with van der Waals surface area (Å²) in [6.07, 6.45) is -4.68. The molecular weight excluding hydrogens is 357 g/mol. The monoisotopic (exact) mass is 372 g/mol. The number of rotatable bonds is 5. The molecule has 1 aromatic carbocycles. The van der Waals surface area contributed by atoms with E-state index in [0.29, 0.717) is 5.33 Å². The van der Waals surface area contributed by atoms with E-state index >= 15 is 0 Å². The predicted molar refractivity (Wildman–Crippen MR) is 75.6 cm³/mol. The predicted octanol–water partition coefficient (Wildman–Crippen LogP) is 4.15. The molecule has 0 fully saturated rings. The van der Waals surface area contributed by atoms with E-state index in [9.17, 15) is 21.6 Å². The van der Waals surface area contributed by atoms with Gasteiger partial charge in [-0.25, -0.2) is 8.42 Å². The van der Waals surface area contributed by atoms with E-state index in [1.54, 1.807) is 0 Å². The highest BCUT2D eigenvalue weighted by Crippen LogP contribution is 2.35. The maximum Gasteiger partial charge on any atom is 0.417 e. The molecule has 0 aliphatic carbocycles. The van der Waals surface area contributed by atoms with Crippen molar-refractivity contribution >= 4 is 25.8 Å². The molecule has 1 atom stereocenters. The first-order valence-electron chi connectivity index (χ1n) is 6.04. The van der Waals surface area contributed by atoms with E-state index in [-0.39, 0.29) is 17.6 Å². The topological polar surface area (TPSA) is 34.1 Å². The van der Waals surface area contributed by atoms with Crippen molar-refractivity contribution in [2.45, 2.75) is 24.9 Å². The van der Waals surface area contributed by atoms with Crippen LogP contribution in [0.3, 0.4) is 0 Å². The van der Waals surface area contributed by atoms with E-state index in [2.05, 4.69) is 15.9 Å². The molecule has 7 heteroatoms. The lowest BCUT2D eigenvalue weighted by Crippen LogP contribution is -2.24. The summed E-state index contributed by atoms with van der Waals surface area (Å²) in [5, 5.41) is 0.429. The van der Waals surface area contributed by atoms with Crippen LogP contribution >= 0.6 is 15.9 Å². The third-order valence-electron chi connectivity index (χ3n) is 3.10. The third kappa shape index (κ3) is 4.22. The third-order valence-corrected chi connectivity index (χ3v) is 5.83. The van der Waals surface area contributed by atoms with Crippen LogP contribution < -0.4 is 0 Å². The molecular formula is C13H16BrF3O2S. The second-order valence-electron chi connectivity index (χ2n) is 4.93. The zero-order chi connectivity index (χ0) is 15.6. The normalized spacial score (nSPS) is 14.6. The van der Waals surface area contributed by atoms with Gasteiger partial charge in [0.1, 0.15) is 0 Å². The van der Waals surface area contributed by atoms with Gasteiger partial charge >= 0.3 is 6.18 Å². The minimum absolute atomic E-state index is 0.0576. The summed E-state index contributed by atoms with van der Waals surface area (Å²) in [4.78, 5) is -0.640. The summed E-state index contributed by atoms with van der Waals surface area (Å²) in [5.74, 6) is -0.480. The largest absolute Gasteiger partial charge is 0.417 e. The standard InChI is InChI=1S/C13H16BrF3O2S/c1-9(2)10(7-14)8-20(18,19)12-6-4-3-5-11(12)13(15,16)17/h3-6,9-10H,7-8H2,1-2H3. The Morgan fingerprint density at radius 3 is 2.20 bits per heavy atom. The van der Waals surface area contributed by atoms with Gasteiger partial charge in [0.2, 0.25) is 0 Å². The fourth-order valence-corrected chi connectivity index (χ4v) is 5.09. The zero-order valence-corrected chi connectivity index (χ0v) is 13.5. The number of hydrogen-bond acceptors (Lipinski definition) is 2. The van der Waals surface area contributed by atoms with E-state index in [0.717, 1.165) is 12.1 Å². The molecule has 1 unspecified atom stereocenters. The van der Waals surface area contributed by atoms with Crippen LogP contribution in [0.4, 0.5) is 13.2 Å². The number of hydrogen-bond donors (Lipinski definition) is 0. The van der Waals surface area contributed by atoms with Gasteiger partial charge < -0.3 is 0 Å². The summed E-state index contributed by atoms with van der Waals surface area (Å²) in [6.45, 7) is 3.69. The van der Waals surface area contributed by atoms with Gasteiger partial charge in [-0.15, -0.1) is 0 Å². The van der Waals surface area contributed by atoms with Crippen molar-refractivity contribution in [2.24, 2.45) is 11.8 Å². The molecule has 0 amide bonds. The van der Waals surface area contributed by atoms with Crippen molar-refractivity contribution in [1.29, 1.82) is 0 Å². The molecule has 0 aliphatic rings. The van der Waals surface area contributed by atoms with Crippen LogP contribution in [0.5, 0.6) is 0 Å². The van der Waals surface area contributed by atoms with Crippen molar-refractivity contribution in [1.82, 2.24) is 0 Å². The van der Waals surface area contributed by atoms with Gasteiger partial charge in [0.15, 0.2) is 9.84 Å². The van der Waals surface area contributed by atoms with Crippen molar-refractivity contribution in [3.63, 3.8) is 0 Å². The molecule has 0 bridgehead atoms. The molecule has 20 heavy (non-hydrogen) atoms. The molecule has 1 aromatic rings. The van der Waals surface area contributed by atoms with Crippen LogP contribution in [0.15, 0.2) is 29.2 Å². The fourth-order valence-electron chi connectivity index (χ4n) is 1.76. The highest BCUT2D eigenvalue weighted by atomic mass is 79.9. The van der Waals surface area contributed by atoms with Gasteiger partial charge in [-0.3, -0.25) is 0 Å². The molecule has 0 N–H and O–H groups in total. The van der Waals surface area contributed by atoms with Crippen LogP contribution in [0, 0.1) is 11.8 Å². The van der Waals surface area contributed by atoms with Gasteiger partial charge in [-0.05, 0) is 24.0 Å². The van der Waals surface area contributed by atoms with Gasteiger partial charge in [-0.2, -0.15) is 13.2 Å². The van der Waals surface area contributed by atoms with Gasteiger partial charge in [0.25, 0.3) is 0 Å². The Morgan fingerprint density at radius 2 is 1.75 bits per heavy atom. The van der Waals surface area contributed by atoms with E-state index in [4.69, 9.17) is 0 Å². The van der Waals surface area contributed by atoms with Crippen LogP contribution in [-0.4, -0.2) is 19.5 Å². The number of sulfone groups is 1. The zero-order valence-electron chi connectivity index (χ0n) is 11.1. The first kappa shape index (κ1) is 17.5. The van der Waals surface area contributed by atoms with E-state index in [1.165, 1.54) is 12.1 Å². The molecule has 114 valence electrons. The van der Waals surface area contributed by atoms with Crippen molar-refractivity contribution < 1.29 is 21.6 Å². The second kappa shape index (κ2) is 6.47. The molecule has 0 heterocycles. The average molecular weight is 373 g/mol. The second-order valence-corrected chi connectivity index (χ2v) is 7.58. The minimum atomic E-state index is -4.68. The van der Waals surface area contributed by atoms with Crippen molar-refractivity contribution in [3.8, 4) is 0 Å². The Labute approximate surface area is 125 Å². The van der Waals surface area contributed by atoms with Crippen LogP contribution in [-0.2, 0) is 16.0 Å². The fraction of sp³-hybridized carbons (Fsp3) is 0.538. The maximum absolute atomic E-state index is 12.9. The molecule has 0 spiro atoms. The van der Waals surface area contributed by atoms with Gasteiger partial charge in [0, 0.05) is 5.33 Å². The lowest BCUT2D eigenvalue weighted by Gasteiger charge is -2.19. The molecule has 0 aliphatic heterocycles. The Morgan fingerprint density at radius 1 is 1.20 bits per heavy atom. The summed E-state index contributed by atoms with van der Waals surface area (Å²) in [7, 11) is -3.98. The number of alkyl halides is 4. The Bertz CT molecular complexity index is 553. The van der Waals surface area contributed by atoms with Crippen molar-refractivity contribution in [3.05, 3.63) is 29.8 Å². The summed E-state index contributed by atoms with van der Waals surface area (Å²) in [5.41, 5.74) is -1.10. The molecule has 0 aromatic heterocycles. The Hall–Kier alpha value is -0.560. The average Bonchev–Trinajstić information content (AvgIpc) is 2.34. The Balaban J connectivity index is 3.23. The minimum Gasteiger partial charge on any atom is -0.224 e. The van der Waals surface area contributed by atoms with Crippen molar-refractivity contribution in [2.75, 3.05) is 11.1 Å².